The molecule has 2 rings (SSSR count). The maximum Gasteiger partial charge on any atom is 0.225 e. The molecular weight excluding hydrogens is 202 g/mol. The average Bonchev–Trinajstić information content (AvgIpc) is 2.28. The molecule has 0 unspecified atom stereocenters. The van der Waals surface area contributed by atoms with E-state index in [1.807, 2.05) is 4.90 Å². The molecule has 2 atom stereocenters. The molecule has 0 aromatic rings. The first-order chi connectivity index (χ1) is 7.66. The fourth-order valence-electron chi connectivity index (χ4n) is 2.97. The predicted octanol–water partition coefficient (Wildman–Crippen LogP) is 2.20. The van der Waals surface area contributed by atoms with Crippen LogP contribution in [0.15, 0.2) is 0 Å². The second-order valence-electron chi connectivity index (χ2n) is 5.34. The van der Waals surface area contributed by atoms with E-state index < -0.39 is 0 Å². The van der Waals surface area contributed by atoms with E-state index in [-0.39, 0.29) is 12.2 Å². The van der Waals surface area contributed by atoms with Crippen molar-refractivity contribution >= 4 is 5.91 Å². The minimum Gasteiger partial charge on any atom is -0.372 e. The molecule has 1 amide bonds. The third-order valence-corrected chi connectivity index (χ3v) is 3.69. The van der Waals surface area contributed by atoms with Crippen molar-refractivity contribution in [2.75, 3.05) is 13.1 Å². The molecule has 0 spiro atoms. The Balaban J connectivity index is 1.92. The summed E-state index contributed by atoms with van der Waals surface area (Å²) in [6.45, 7) is 5.66. The van der Waals surface area contributed by atoms with E-state index in [1.54, 1.807) is 0 Å². The van der Waals surface area contributed by atoms with Gasteiger partial charge >= 0.3 is 0 Å². The molecule has 2 aliphatic rings. The highest BCUT2D eigenvalue weighted by molar-refractivity contribution is 5.79. The SMILES string of the molecule is C[C@@H]1CN(C(=O)C2CCCCC2)C[C@H](C)O1. The summed E-state index contributed by atoms with van der Waals surface area (Å²) < 4.78 is 5.66. The van der Waals surface area contributed by atoms with Gasteiger partial charge in [0.05, 0.1) is 12.2 Å². The van der Waals surface area contributed by atoms with Crippen LogP contribution in [0.1, 0.15) is 46.0 Å². The van der Waals surface area contributed by atoms with Crippen LogP contribution in [0.3, 0.4) is 0 Å². The Kier molecular flexibility index (Phi) is 3.85. The van der Waals surface area contributed by atoms with Gasteiger partial charge in [0.25, 0.3) is 0 Å². The van der Waals surface area contributed by atoms with Crippen LogP contribution in [0.4, 0.5) is 0 Å². The van der Waals surface area contributed by atoms with Crippen LogP contribution in [0.2, 0.25) is 0 Å². The molecule has 3 nitrogen and oxygen atoms in total. The highest BCUT2D eigenvalue weighted by Gasteiger charge is 2.30. The molecule has 1 aliphatic heterocycles. The van der Waals surface area contributed by atoms with Crippen LogP contribution < -0.4 is 0 Å². The monoisotopic (exact) mass is 225 g/mol. The van der Waals surface area contributed by atoms with Crippen LogP contribution in [-0.2, 0) is 9.53 Å². The van der Waals surface area contributed by atoms with E-state index in [4.69, 9.17) is 4.74 Å². The molecule has 0 radical (unpaired) electrons. The molecule has 16 heavy (non-hydrogen) atoms. The molecule has 2 fully saturated rings. The molecule has 92 valence electrons. The Hall–Kier alpha value is -0.570. The molecule has 1 heterocycles. The second kappa shape index (κ2) is 5.17. The lowest BCUT2D eigenvalue weighted by Gasteiger charge is -2.37. The number of carbonyl (C=O) groups excluding carboxylic acids is 1. The van der Waals surface area contributed by atoms with Gasteiger partial charge in [-0.2, -0.15) is 0 Å². The summed E-state index contributed by atoms with van der Waals surface area (Å²) in [4.78, 5) is 14.3. The molecule has 3 heteroatoms. The summed E-state index contributed by atoms with van der Waals surface area (Å²) in [5.41, 5.74) is 0. The van der Waals surface area contributed by atoms with Gasteiger partial charge in [-0.3, -0.25) is 4.79 Å². The zero-order chi connectivity index (χ0) is 11.5. The van der Waals surface area contributed by atoms with Gasteiger partial charge < -0.3 is 9.64 Å². The second-order valence-corrected chi connectivity index (χ2v) is 5.34. The van der Waals surface area contributed by atoms with Gasteiger partial charge in [0, 0.05) is 19.0 Å². The van der Waals surface area contributed by atoms with Crippen molar-refractivity contribution in [1.82, 2.24) is 4.90 Å². The van der Waals surface area contributed by atoms with Crippen molar-refractivity contribution in [3.8, 4) is 0 Å². The summed E-state index contributed by atoms with van der Waals surface area (Å²) in [5, 5.41) is 0. The maximum atomic E-state index is 12.3. The predicted molar refractivity (Wildman–Crippen MR) is 63.2 cm³/mol. The van der Waals surface area contributed by atoms with Crippen molar-refractivity contribution < 1.29 is 9.53 Å². The summed E-state index contributed by atoms with van der Waals surface area (Å²) in [7, 11) is 0. The van der Waals surface area contributed by atoms with Gasteiger partial charge in [-0.25, -0.2) is 0 Å². The molecular formula is C13H23NO2. The highest BCUT2D eigenvalue weighted by atomic mass is 16.5. The fourth-order valence-corrected chi connectivity index (χ4v) is 2.97. The smallest absolute Gasteiger partial charge is 0.225 e. The summed E-state index contributed by atoms with van der Waals surface area (Å²) in [6.07, 6.45) is 6.34. The minimum atomic E-state index is 0.191. The van der Waals surface area contributed by atoms with Crippen LogP contribution >= 0.6 is 0 Å². The lowest BCUT2D eigenvalue weighted by molar-refractivity contribution is -0.148. The number of ether oxygens (including phenoxy) is 1. The average molecular weight is 225 g/mol. The fraction of sp³-hybridized carbons (Fsp3) is 0.923. The number of hydrogen-bond donors (Lipinski definition) is 0. The molecule has 1 aliphatic carbocycles. The van der Waals surface area contributed by atoms with Crippen LogP contribution in [-0.4, -0.2) is 36.1 Å². The Labute approximate surface area is 98.1 Å². The van der Waals surface area contributed by atoms with Gasteiger partial charge in [-0.05, 0) is 26.7 Å². The van der Waals surface area contributed by atoms with Gasteiger partial charge in [-0.15, -0.1) is 0 Å². The number of rotatable bonds is 1. The quantitative estimate of drug-likeness (QED) is 0.684. The summed E-state index contributed by atoms with van der Waals surface area (Å²) in [6, 6.07) is 0. The van der Waals surface area contributed by atoms with Crippen molar-refractivity contribution in [1.29, 1.82) is 0 Å². The number of amides is 1. The first-order valence-corrected chi connectivity index (χ1v) is 6.61. The largest absolute Gasteiger partial charge is 0.372 e. The molecule has 0 aromatic carbocycles. The van der Waals surface area contributed by atoms with Gasteiger partial charge in [0.15, 0.2) is 0 Å². The van der Waals surface area contributed by atoms with Crippen LogP contribution in [0.25, 0.3) is 0 Å². The Morgan fingerprint density at radius 2 is 1.62 bits per heavy atom. The maximum absolute atomic E-state index is 12.3. The number of nitrogens with zero attached hydrogens (tertiary/aromatic N) is 1. The summed E-state index contributed by atoms with van der Waals surface area (Å²) in [5.74, 6) is 0.674. The molecule has 0 bridgehead atoms. The van der Waals surface area contributed by atoms with Gasteiger partial charge in [-0.1, -0.05) is 19.3 Å². The van der Waals surface area contributed by atoms with E-state index >= 15 is 0 Å². The van der Waals surface area contributed by atoms with Gasteiger partial charge in [0.2, 0.25) is 5.91 Å². The van der Waals surface area contributed by atoms with E-state index in [9.17, 15) is 4.79 Å². The van der Waals surface area contributed by atoms with Crippen molar-refractivity contribution in [2.24, 2.45) is 5.92 Å². The van der Waals surface area contributed by atoms with E-state index in [0.717, 1.165) is 25.9 Å². The lowest BCUT2D eigenvalue weighted by atomic mass is 9.88. The van der Waals surface area contributed by atoms with Crippen molar-refractivity contribution in [3.05, 3.63) is 0 Å². The zero-order valence-electron chi connectivity index (χ0n) is 10.4. The molecule has 0 N–H and O–H groups in total. The Morgan fingerprint density at radius 1 is 1.06 bits per heavy atom. The van der Waals surface area contributed by atoms with Crippen molar-refractivity contribution in [2.45, 2.75) is 58.2 Å². The Morgan fingerprint density at radius 3 is 2.19 bits per heavy atom. The number of carbonyl (C=O) groups is 1. The van der Waals surface area contributed by atoms with E-state index in [0.29, 0.717) is 11.8 Å². The first-order valence-electron chi connectivity index (χ1n) is 6.61. The zero-order valence-corrected chi connectivity index (χ0v) is 10.4. The molecule has 0 aromatic heterocycles. The molecule has 1 saturated heterocycles. The standard InChI is InChI=1S/C13H23NO2/c1-10-8-14(9-11(2)16-10)13(15)12-6-4-3-5-7-12/h10-12H,3-9H2,1-2H3/t10-,11+. The third kappa shape index (κ3) is 2.76. The number of morpholine rings is 1. The normalized spacial score (nSPS) is 32.8. The molecule has 1 saturated carbocycles. The third-order valence-electron chi connectivity index (χ3n) is 3.69. The first kappa shape index (κ1) is 11.9. The van der Waals surface area contributed by atoms with Crippen LogP contribution in [0, 0.1) is 5.92 Å². The Bertz CT molecular complexity index is 238. The minimum absolute atomic E-state index is 0.191. The summed E-state index contributed by atoms with van der Waals surface area (Å²) >= 11 is 0. The van der Waals surface area contributed by atoms with E-state index in [2.05, 4.69) is 13.8 Å². The topological polar surface area (TPSA) is 29.5 Å². The van der Waals surface area contributed by atoms with Gasteiger partial charge in [0.1, 0.15) is 0 Å². The highest BCUT2D eigenvalue weighted by Crippen LogP contribution is 2.26. The van der Waals surface area contributed by atoms with Crippen LogP contribution in [0.5, 0.6) is 0 Å². The van der Waals surface area contributed by atoms with Crippen molar-refractivity contribution in [3.63, 3.8) is 0 Å². The van der Waals surface area contributed by atoms with E-state index in [1.165, 1.54) is 19.3 Å². The number of hydrogen-bond acceptors (Lipinski definition) is 2. The lowest BCUT2D eigenvalue weighted by Crippen LogP contribution is -2.50.